The number of hydrogen-bond donors (Lipinski definition) is 0. The van der Waals surface area contributed by atoms with Crippen LogP contribution in [0.1, 0.15) is 33.1 Å². The summed E-state index contributed by atoms with van der Waals surface area (Å²) in [6, 6.07) is 0. The molecule has 0 radical (unpaired) electrons. The van der Waals surface area contributed by atoms with Crippen LogP contribution in [0.15, 0.2) is 9.55 Å². The van der Waals surface area contributed by atoms with Crippen LogP contribution >= 0.6 is 31.1 Å². The van der Waals surface area contributed by atoms with Gasteiger partial charge in [0.1, 0.15) is 11.9 Å². The molecule has 2 saturated heterocycles. The van der Waals surface area contributed by atoms with Gasteiger partial charge in [0.2, 0.25) is 0 Å². The molecule has 136 valence electrons. The molecular weight excluding hydrogens is 367 g/mol. The van der Waals surface area contributed by atoms with Crippen LogP contribution in [-0.2, 0) is 23.1 Å². The highest BCUT2D eigenvalue weighted by atomic mass is 32.2. The van der Waals surface area contributed by atoms with Crippen molar-refractivity contribution < 1.29 is 23.1 Å². The average molecular weight is 392 g/mol. The average Bonchev–Trinajstić information content (AvgIpc) is 3.10. The highest BCUT2D eigenvalue weighted by Gasteiger charge is 2.33. The molecule has 0 amide bonds. The monoisotopic (exact) mass is 392 g/mol. The van der Waals surface area contributed by atoms with Crippen molar-refractivity contribution in [3.63, 3.8) is 0 Å². The number of allylic oxidation sites excluding steroid dienone is 1. The van der Waals surface area contributed by atoms with Crippen LogP contribution in [0.4, 0.5) is 0 Å². The van der Waals surface area contributed by atoms with E-state index in [4.69, 9.17) is 18.5 Å². The molecule has 24 heavy (non-hydrogen) atoms. The van der Waals surface area contributed by atoms with Gasteiger partial charge in [-0.25, -0.2) is 0 Å². The maximum atomic E-state index is 13.1. The minimum absolute atomic E-state index is 0.176. The van der Waals surface area contributed by atoms with Gasteiger partial charge in [-0.15, -0.1) is 23.5 Å². The molecule has 0 N–H and O–H groups in total. The Bertz CT molecular complexity index is 516. The van der Waals surface area contributed by atoms with Crippen LogP contribution < -0.4 is 0 Å². The fourth-order valence-electron chi connectivity index (χ4n) is 2.28. The van der Waals surface area contributed by atoms with Gasteiger partial charge >= 0.3 is 7.60 Å². The van der Waals surface area contributed by atoms with Crippen molar-refractivity contribution in [2.75, 3.05) is 37.9 Å². The zero-order valence-corrected chi connectivity index (χ0v) is 16.8. The first-order valence-corrected chi connectivity index (χ1v) is 11.8. The molecular formula is C16H25O5PS2. The van der Waals surface area contributed by atoms with Crippen molar-refractivity contribution >= 4 is 31.1 Å². The van der Waals surface area contributed by atoms with E-state index in [9.17, 15) is 4.57 Å². The Kier molecular flexibility index (Phi) is 9.28. The predicted octanol–water partition coefficient (Wildman–Crippen LogP) is 4.45. The quantitative estimate of drug-likeness (QED) is 0.469. The third kappa shape index (κ3) is 6.10. The molecule has 2 heterocycles. The first-order chi connectivity index (χ1) is 11.7. The van der Waals surface area contributed by atoms with Crippen LogP contribution in [0.5, 0.6) is 0 Å². The van der Waals surface area contributed by atoms with Crippen molar-refractivity contribution in [2.45, 2.75) is 39.4 Å². The zero-order chi connectivity index (χ0) is 17.3. The van der Waals surface area contributed by atoms with Crippen molar-refractivity contribution in [1.82, 2.24) is 0 Å². The molecule has 0 saturated carbocycles. The lowest BCUT2D eigenvalue weighted by Gasteiger charge is -2.21. The second-order valence-electron chi connectivity index (χ2n) is 5.07. The minimum atomic E-state index is -3.37. The summed E-state index contributed by atoms with van der Waals surface area (Å²) >= 11 is 3.32. The second kappa shape index (κ2) is 10.9. The summed E-state index contributed by atoms with van der Waals surface area (Å²) < 4.78 is 36.1. The first-order valence-electron chi connectivity index (χ1n) is 8.31. The molecule has 1 unspecified atom stereocenters. The van der Waals surface area contributed by atoms with Crippen LogP contribution in [0, 0.1) is 11.8 Å². The van der Waals surface area contributed by atoms with E-state index in [1.807, 2.05) is 0 Å². The van der Waals surface area contributed by atoms with Gasteiger partial charge in [0.25, 0.3) is 0 Å². The summed E-state index contributed by atoms with van der Waals surface area (Å²) in [6.45, 7) is 5.23. The smallest absolute Gasteiger partial charge is 0.353 e. The molecule has 0 bridgehead atoms. The summed E-state index contributed by atoms with van der Waals surface area (Å²) in [4.78, 5) is 0. The Hall–Kier alpha value is 0.0700. The standard InChI is InChI=1S/C16H25O5PS2/c1-3-20-22(17,21-4-2)14(16-23-12-13-24-16)8-7-11-19-15-9-5-6-10-18-15/h15H,3-6,9-13H2,1-2H3. The van der Waals surface area contributed by atoms with Gasteiger partial charge in [0.15, 0.2) is 6.29 Å². The Morgan fingerprint density at radius 3 is 2.54 bits per heavy atom. The lowest BCUT2D eigenvalue weighted by atomic mass is 10.2. The van der Waals surface area contributed by atoms with Crippen molar-refractivity contribution in [1.29, 1.82) is 0 Å². The summed E-state index contributed by atoms with van der Waals surface area (Å²) in [7, 11) is -3.37. The Balaban J connectivity index is 2.08. The summed E-state index contributed by atoms with van der Waals surface area (Å²) in [5, 5.41) is 0.479. The van der Waals surface area contributed by atoms with E-state index in [1.165, 1.54) is 0 Å². The van der Waals surface area contributed by atoms with E-state index in [0.717, 1.165) is 41.6 Å². The number of rotatable bonds is 7. The van der Waals surface area contributed by atoms with Crippen molar-refractivity contribution in [2.24, 2.45) is 0 Å². The minimum Gasteiger partial charge on any atom is -0.353 e. The van der Waals surface area contributed by atoms with Gasteiger partial charge in [-0.3, -0.25) is 4.57 Å². The van der Waals surface area contributed by atoms with E-state index < -0.39 is 7.60 Å². The number of thioether (sulfide) groups is 2. The largest absolute Gasteiger partial charge is 0.371 e. The van der Waals surface area contributed by atoms with Crippen LogP contribution in [-0.4, -0.2) is 44.2 Å². The van der Waals surface area contributed by atoms with Crippen LogP contribution in [0.3, 0.4) is 0 Å². The number of ether oxygens (including phenoxy) is 2. The van der Waals surface area contributed by atoms with Gasteiger partial charge in [0.05, 0.1) is 17.5 Å². The molecule has 2 rings (SSSR count). The molecule has 8 heteroatoms. The highest BCUT2D eigenvalue weighted by Crippen LogP contribution is 2.60. The van der Waals surface area contributed by atoms with E-state index in [-0.39, 0.29) is 12.9 Å². The topological polar surface area (TPSA) is 54.0 Å². The Morgan fingerprint density at radius 2 is 1.96 bits per heavy atom. The lowest BCUT2D eigenvalue weighted by Crippen LogP contribution is -2.22. The highest BCUT2D eigenvalue weighted by molar-refractivity contribution is 8.25. The maximum Gasteiger partial charge on any atom is 0.371 e. The SMILES string of the molecule is CCOP(=O)(OCC)C(C#CCOC1CCCCO1)=C1SCCS1. The fourth-order valence-corrected chi connectivity index (χ4v) is 7.04. The molecule has 2 aliphatic rings. The third-order valence-electron chi connectivity index (χ3n) is 3.30. The van der Waals surface area contributed by atoms with E-state index in [1.54, 1.807) is 37.4 Å². The van der Waals surface area contributed by atoms with E-state index in [0.29, 0.717) is 18.5 Å². The number of hydrogen-bond acceptors (Lipinski definition) is 7. The molecule has 0 spiro atoms. The van der Waals surface area contributed by atoms with Gasteiger partial charge in [-0.2, -0.15) is 0 Å². The third-order valence-corrected chi connectivity index (χ3v) is 8.40. The predicted molar refractivity (Wildman–Crippen MR) is 100 cm³/mol. The fraction of sp³-hybridized carbons (Fsp3) is 0.750. The summed E-state index contributed by atoms with van der Waals surface area (Å²) in [5.74, 6) is 7.93. The van der Waals surface area contributed by atoms with Gasteiger partial charge < -0.3 is 18.5 Å². The molecule has 0 aromatic heterocycles. The normalized spacial score (nSPS) is 21.4. The van der Waals surface area contributed by atoms with Gasteiger partial charge in [-0.05, 0) is 33.1 Å². The molecule has 2 aliphatic heterocycles. The van der Waals surface area contributed by atoms with E-state index >= 15 is 0 Å². The van der Waals surface area contributed by atoms with Crippen LogP contribution in [0.25, 0.3) is 0 Å². The summed E-state index contributed by atoms with van der Waals surface area (Å²) in [6.07, 6.45) is 2.93. The molecule has 1 atom stereocenters. The van der Waals surface area contributed by atoms with Crippen LogP contribution in [0.2, 0.25) is 0 Å². The first kappa shape index (κ1) is 20.4. The van der Waals surface area contributed by atoms with Gasteiger partial charge in [0, 0.05) is 18.1 Å². The Morgan fingerprint density at radius 1 is 1.25 bits per heavy atom. The molecule has 0 aromatic rings. The summed E-state index contributed by atoms with van der Waals surface area (Å²) in [5.41, 5.74) is 0. The van der Waals surface area contributed by atoms with Crippen molar-refractivity contribution in [3.8, 4) is 11.8 Å². The Labute approximate surface area is 153 Å². The second-order valence-corrected chi connectivity index (χ2v) is 9.50. The molecule has 5 nitrogen and oxygen atoms in total. The molecule has 2 fully saturated rings. The molecule has 0 aromatic carbocycles. The molecule has 0 aliphatic carbocycles. The van der Waals surface area contributed by atoms with E-state index in [2.05, 4.69) is 11.8 Å². The lowest BCUT2D eigenvalue weighted by molar-refractivity contribution is -0.154. The maximum absolute atomic E-state index is 13.1. The van der Waals surface area contributed by atoms with Crippen molar-refractivity contribution in [3.05, 3.63) is 9.55 Å². The van der Waals surface area contributed by atoms with Gasteiger partial charge in [-0.1, -0.05) is 11.8 Å². The zero-order valence-electron chi connectivity index (χ0n) is 14.2.